The number of ether oxygens (including phenoxy) is 1. The molecule has 9 nitrogen and oxygen atoms in total. The van der Waals surface area contributed by atoms with Gasteiger partial charge >= 0.3 is 0 Å². The molecule has 0 unspecified atom stereocenters. The summed E-state index contributed by atoms with van der Waals surface area (Å²) in [7, 11) is 1.32. The summed E-state index contributed by atoms with van der Waals surface area (Å²) in [5.41, 5.74) is -0.119. The van der Waals surface area contributed by atoms with Crippen LogP contribution in [0.3, 0.4) is 0 Å². The fraction of sp³-hybridized carbons (Fsp3) is 0.0714. The molecule has 0 radical (unpaired) electrons. The number of nitro benzene ring substituents is 2. The summed E-state index contributed by atoms with van der Waals surface area (Å²) in [6, 6.07) is 7.07. The van der Waals surface area contributed by atoms with Crippen molar-refractivity contribution in [2.75, 3.05) is 7.11 Å². The highest BCUT2D eigenvalue weighted by molar-refractivity contribution is 5.86. The van der Waals surface area contributed by atoms with Gasteiger partial charge in [0, 0.05) is 24.4 Å². The summed E-state index contributed by atoms with van der Waals surface area (Å²) in [6.45, 7) is 0. The van der Waals surface area contributed by atoms with Crippen molar-refractivity contribution in [3.8, 4) is 11.5 Å². The Morgan fingerprint density at radius 3 is 2.26 bits per heavy atom. The minimum atomic E-state index is -0.622. The molecule has 118 valence electrons. The molecule has 9 heteroatoms. The highest BCUT2D eigenvalue weighted by Crippen LogP contribution is 2.31. The molecule has 2 aromatic carbocycles. The van der Waals surface area contributed by atoms with E-state index in [4.69, 9.17) is 4.74 Å². The van der Waals surface area contributed by atoms with E-state index in [0.29, 0.717) is 0 Å². The molecular weight excluding hydrogens is 306 g/mol. The smallest absolute Gasteiger partial charge is 0.273 e. The van der Waals surface area contributed by atoms with Crippen LogP contribution < -0.4 is 9.84 Å². The molecule has 0 N–H and O–H groups in total. The first-order valence-corrected chi connectivity index (χ1v) is 6.24. The van der Waals surface area contributed by atoms with Crippen LogP contribution in [0.15, 0.2) is 41.4 Å². The van der Waals surface area contributed by atoms with Gasteiger partial charge in [-0.3, -0.25) is 25.2 Å². The van der Waals surface area contributed by atoms with Crippen molar-refractivity contribution in [2.24, 2.45) is 4.99 Å². The molecule has 0 aliphatic carbocycles. The third-order valence-corrected chi connectivity index (χ3v) is 2.92. The van der Waals surface area contributed by atoms with E-state index in [0.717, 1.165) is 24.4 Å². The van der Waals surface area contributed by atoms with Crippen molar-refractivity contribution in [2.45, 2.75) is 0 Å². The van der Waals surface area contributed by atoms with E-state index < -0.39 is 15.6 Å². The van der Waals surface area contributed by atoms with Crippen molar-refractivity contribution >= 4 is 23.3 Å². The summed E-state index contributed by atoms with van der Waals surface area (Å²) in [4.78, 5) is 24.2. The van der Waals surface area contributed by atoms with E-state index in [1.807, 2.05) is 0 Å². The summed E-state index contributed by atoms with van der Waals surface area (Å²) < 4.78 is 5.01. The Kier molecular flexibility index (Phi) is 4.50. The van der Waals surface area contributed by atoms with E-state index in [2.05, 4.69) is 4.99 Å². The lowest BCUT2D eigenvalue weighted by molar-refractivity contribution is -0.385. The fourth-order valence-electron chi connectivity index (χ4n) is 1.78. The molecule has 2 rings (SSSR count). The highest BCUT2D eigenvalue weighted by Gasteiger charge is 2.11. The number of methoxy groups -OCH3 is 1. The molecule has 0 saturated heterocycles. The number of benzene rings is 2. The molecule has 0 amide bonds. The van der Waals surface area contributed by atoms with Gasteiger partial charge in [-0.1, -0.05) is 11.8 Å². The van der Waals surface area contributed by atoms with Crippen LogP contribution in [-0.2, 0) is 0 Å². The second kappa shape index (κ2) is 6.52. The van der Waals surface area contributed by atoms with Crippen LogP contribution in [0.25, 0.3) is 0 Å². The van der Waals surface area contributed by atoms with Gasteiger partial charge in [-0.2, -0.15) is 0 Å². The quantitative estimate of drug-likeness (QED) is 0.472. The number of aliphatic imine (C=N–C) groups is 1. The molecule has 0 heterocycles. The Bertz CT molecular complexity index is 803. The number of nitrogens with zero attached hydrogens (tertiary/aromatic N) is 3. The van der Waals surface area contributed by atoms with Crippen LogP contribution >= 0.6 is 0 Å². The predicted octanol–water partition coefficient (Wildman–Crippen LogP) is 2.34. The van der Waals surface area contributed by atoms with Crippen LogP contribution in [0.5, 0.6) is 11.5 Å². The lowest BCUT2D eigenvalue weighted by atomic mass is 10.2. The Labute approximate surface area is 129 Å². The Morgan fingerprint density at radius 1 is 1.04 bits per heavy atom. The standard InChI is InChI=1S/C14H11N3O6/c1-23-14-7-11(17(21)22)2-4-12(14)15-8-9-6-10(16(19)20)3-5-13(9)18/h2-8,18H,1H3/p-1. The topological polar surface area (TPSA) is 131 Å². The first kappa shape index (κ1) is 15.9. The van der Waals surface area contributed by atoms with E-state index in [-0.39, 0.29) is 28.4 Å². The molecule has 0 saturated carbocycles. The highest BCUT2D eigenvalue weighted by atomic mass is 16.6. The zero-order valence-corrected chi connectivity index (χ0v) is 11.8. The van der Waals surface area contributed by atoms with Gasteiger partial charge in [-0.25, -0.2) is 0 Å². The van der Waals surface area contributed by atoms with Gasteiger partial charge in [0.25, 0.3) is 11.4 Å². The molecule has 23 heavy (non-hydrogen) atoms. The molecule has 2 aromatic rings. The minimum Gasteiger partial charge on any atom is -0.872 e. The Hall–Kier alpha value is -3.49. The van der Waals surface area contributed by atoms with Crippen molar-refractivity contribution in [1.82, 2.24) is 0 Å². The summed E-state index contributed by atoms with van der Waals surface area (Å²) >= 11 is 0. The Balaban J connectivity index is 2.38. The lowest BCUT2D eigenvalue weighted by Gasteiger charge is -2.09. The number of non-ortho nitro benzene ring substituents is 2. The van der Waals surface area contributed by atoms with Crippen LogP contribution in [0, 0.1) is 20.2 Å². The molecule has 0 aliphatic rings. The SMILES string of the molecule is COc1cc([N+](=O)[O-])ccc1N=Cc1cc([N+](=O)[O-])ccc1[O-]. The van der Waals surface area contributed by atoms with Crippen LogP contribution in [-0.4, -0.2) is 23.2 Å². The first-order chi connectivity index (χ1) is 10.9. The second-order valence-corrected chi connectivity index (χ2v) is 4.35. The summed E-state index contributed by atoms with van der Waals surface area (Å²) in [6.07, 6.45) is 1.15. The molecule has 0 bridgehead atoms. The molecular formula is C14H10N3O6-. The van der Waals surface area contributed by atoms with Crippen LogP contribution in [0.4, 0.5) is 17.1 Å². The number of nitro groups is 2. The van der Waals surface area contributed by atoms with Gasteiger partial charge in [-0.15, -0.1) is 0 Å². The molecule has 0 aliphatic heterocycles. The van der Waals surface area contributed by atoms with Gasteiger partial charge in [0.05, 0.1) is 23.0 Å². The summed E-state index contributed by atoms with van der Waals surface area (Å²) in [5, 5.41) is 33.1. The number of hydrogen-bond donors (Lipinski definition) is 0. The summed E-state index contributed by atoms with van der Waals surface area (Å²) in [5.74, 6) is -0.284. The number of hydrogen-bond acceptors (Lipinski definition) is 7. The number of rotatable bonds is 5. The van der Waals surface area contributed by atoms with Gasteiger partial charge in [-0.05, 0) is 11.6 Å². The van der Waals surface area contributed by atoms with Gasteiger partial charge in [0.2, 0.25) is 0 Å². The van der Waals surface area contributed by atoms with Crippen LogP contribution in [0.1, 0.15) is 5.56 Å². The van der Waals surface area contributed by atoms with Crippen molar-refractivity contribution in [3.63, 3.8) is 0 Å². The Morgan fingerprint density at radius 2 is 1.65 bits per heavy atom. The van der Waals surface area contributed by atoms with E-state index >= 15 is 0 Å². The van der Waals surface area contributed by atoms with Crippen molar-refractivity contribution in [1.29, 1.82) is 0 Å². The zero-order chi connectivity index (χ0) is 17.0. The van der Waals surface area contributed by atoms with Crippen molar-refractivity contribution in [3.05, 3.63) is 62.2 Å². The normalized spacial score (nSPS) is 10.7. The first-order valence-electron chi connectivity index (χ1n) is 6.24. The molecule has 0 atom stereocenters. The molecule has 0 aromatic heterocycles. The maximum absolute atomic E-state index is 11.7. The second-order valence-electron chi connectivity index (χ2n) is 4.35. The molecule has 0 fully saturated rings. The van der Waals surface area contributed by atoms with Crippen LogP contribution in [0.2, 0.25) is 0 Å². The van der Waals surface area contributed by atoms with Crippen molar-refractivity contribution < 1.29 is 19.7 Å². The maximum atomic E-state index is 11.7. The maximum Gasteiger partial charge on any atom is 0.273 e. The molecule has 0 spiro atoms. The average Bonchev–Trinajstić information content (AvgIpc) is 2.53. The van der Waals surface area contributed by atoms with E-state index in [9.17, 15) is 25.3 Å². The van der Waals surface area contributed by atoms with E-state index in [1.165, 1.54) is 25.3 Å². The minimum absolute atomic E-state index is 0.0274. The third kappa shape index (κ3) is 3.59. The van der Waals surface area contributed by atoms with Gasteiger partial charge in [0.1, 0.15) is 5.69 Å². The zero-order valence-electron chi connectivity index (χ0n) is 11.8. The van der Waals surface area contributed by atoms with Gasteiger partial charge in [0.15, 0.2) is 5.75 Å². The third-order valence-electron chi connectivity index (χ3n) is 2.92. The fourth-order valence-corrected chi connectivity index (χ4v) is 1.78. The monoisotopic (exact) mass is 316 g/mol. The predicted molar refractivity (Wildman–Crippen MR) is 79.4 cm³/mol. The average molecular weight is 316 g/mol. The largest absolute Gasteiger partial charge is 0.872 e. The van der Waals surface area contributed by atoms with Gasteiger partial charge < -0.3 is 9.84 Å². The lowest BCUT2D eigenvalue weighted by Crippen LogP contribution is -1.98. The van der Waals surface area contributed by atoms with E-state index in [1.54, 1.807) is 0 Å².